The van der Waals surface area contributed by atoms with Crippen LogP contribution in [-0.2, 0) is 0 Å². The highest BCUT2D eigenvalue weighted by molar-refractivity contribution is 6.30. The average molecular weight is 199 g/mol. The van der Waals surface area contributed by atoms with Crippen LogP contribution in [0.5, 0.6) is 5.75 Å². The molecule has 2 heteroatoms. The second-order valence-electron chi connectivity index (χ2n) is 3.31. The predicted octanol–water partition coefficient (Wildman–Crippen LogP) is 3.86. The molecule has 0 unspecified atom stereocenters. The van der Waals surface area contributed by atoms with E-state index < -0.39 is 0 Å². The molecule has 0 bridgehead atoms. The molecule has 0 radical (unpaired) electrons. The molecule has 0 atom stereocenters. The zero-order valence-electron chi connectivity index (χ0n) is 8.30. The van der Waals surface area contributed by atoms with Crippen molar-refractivity contribution in [2.45, 2.75) is 26.7 Å². The van der Waals surface area contributed by atoms with Crippen LogP contribution in [0.15, 0.2) is 18.2 Å². The summed E-state index contributed by atoms with van der Waals surface area (Å²) in [4.78, 5) is 0. The third-order valence-electron chi connectivity index (χ3n) is 1.87. The summed E-state index contributed by atoms with van der Waals surface area (Å²) in [5.41, 5.74) is 1.22. The van der Waals surface area contributed by atoms with Crippen molar-refractivity contribution in [3.05, 3.63) is 28.8 Å². The molecule has 0 aliphatic rings. The van der Waals surface area contributed by atoms with Gasteiger partial charge in [-0.2, -0.15) is 0 Å². The molecular weight excluding hydrogens is 184 g/mol. The first-order valence-electron chi connectivity index (χ1n) is 4.56. The Morgan fingerprint density at radius 3 is 2.54 bits per heavy atom. The second kappa shape index (κ2) is 4.52. The van der Waals surface area contributed by atoms with Gasteiger partial charge in [0.15, 0.2) is 0 Å². The summed E-state index contributed by atoms with van der Waals surface area (Å²) < 4.78 is 5.39. The van der Waals surface area contributed by atoms with Gasteiger partial charge >= 0.3 is 0 Å². The molecule has 1 rings (SSSR count). The monoisotopic (exact) mass is 198 g/mol. The van der Waals surface area contributed by atoms with Crippen LogP contribution in [0.3, 0.4) is 0 Å². The van der Waals surface area contributed by atoms with Gasteiger partial charge < -0.3 is 4.74 Å². The SMILES string of the molecule is CCOc1cc(Cl)cc(C(C)C)c1. The maximum Gasteiger partial charge on any atom is 0.121 e. The number of rotatable bonds is 3. The van der Waals surface area contributed by atoms with E-state index >= 15 is 0 Å². The molecule has 1 nitrogen and oxygen atoms in total. The number of hydrogen-bond donors (Lipinski definition) is 0. The van der Waals surface area contributed by atoms with Gasteiger partial charge in [0, 0.05) is 5.02 Å². The third kappa shape index (κ3) is 2.92. The van der Waals surface area contributed by atoms with Crippen LogP contribution in [0.4, 0.5) is 0 Å². The minimum absolute atomic E-state index is 0.484. The maximum atomic E-state index is 5.95. The Kier molecular flexibility index (Phi) is 3.61. The minimum Gasteiger partial charge on any atom is -0.494 e. The first-order valence-corrected chi connectivity index (χ1v) is 4.94. The maximum absolute atomic E-state index is 5.95. The van der Waals surface area contributed by atoms with Gasteiger partial charge in [0.2, 0.25) is 0 Å². The molecule has 72 valence electrons. The Bertz CT molecular complexity index is 281. The van der Waals surface area contributed by atoms with Crippen LogP contribution in [0.1, 0.15) is 32.3 Å². The van der Waals surface area contributed by atoms with Crippen LogP contribution in [-0.4, -0.2) is 6.61 Å². The van der Waals surface area contributed by atoms with Crippen LogP contribution >= 0.6 is 11.6 Å². The van der Waals surface area contributed by atoms with Crippen LogP contribution < -0.4 is 4.74 Å². The molecule has 0 aromatic heterocycles. The van der Waals surface area contributed by atoms with Gasteiger partial charge in [-0.15, -0.1) is 0 Å². The van der Waals surface area contributed by atoms with Crippen molar-refractivity contribution >= 4 is 11.6 Å². The van der Waals surface area contributed by atoms with Gasteiger partial charge in [0.25, 0.3) is 0 Å². The molecule has 0 saturated heterocycles. The third-order valence-corrected chi connectivity index (χ3v) is 2.09. The summed E-state index contributed by atoms with van der Waals surface area (Å²) in [6, 6.07) is 5.87. The second-order valence-corrected chi connectivity index (χ2v) is 3.74. The fourth-order valence-corrected chi connectivity index (χ4v) is 1.40. The number of halogens is 1. The fraction of sp³-hybridized carbons (Fsp3) is 0.455. The Morgan fingerprint density at radius 1 is 1.31 bits per heavy atom. The van der Waals surface area contributed by atoms with E-state index in [-0.39, 0.29) is 0 Å². The lowest BCUT2D eigenvalue weighted by atomic mass is 10.0. The smallest absolute Gasteiger partial charge is 0.121 e. The van der Waals surface area contributed by atoms with Crippen LogP contribution in [0, 0.1) is 0 Å². The summed E-state index contributed by atoms with van der Waals surface area (Å²) in [5, 5.41) is 0.745. The molecule has 1 aromatic carbocycles. The zero-order chi connectivity index (χ0) is 9.84. The van der Waals surface area contributed by atoms with Crippen molar-refractivity contribution < 1.29 is 4.74 Å². The summed E-state index contributed by atoms with van der Waals surface area (Å²) in [7, 11) is 0. The Hall–Kier alpha value is -0.690. The lowest BCUT2D eigenvalue weighted by Crippen LogP contribution is -1.94. The van der Waals surface area contributed by atoms with Crippen LogP contribution in [0.25, 0.3) is 0 Å². The van der Waals surface area contributed by atoms with Gasteiger partial charge in [-0.05, 0) is 36.6 Å². The van der Waals surface area contributed by atoms with Crippen LogP contribution in [0.2, 0.25) is 5.02 Å². The predicted molar refractivity (Wildman–Crippen MR) is 56.7 cm³/mol. The minimum atomic E-state index is 0.484. The summed E-state index contributed by atoms with van der Waals surface area (Å²) in [6.07, 6.45) is 0. The van der Waals surface area contributed by atoms with Gasteiger partial charge in [0.1, 0.15) is 5.75 Å². The van der Waals surface area contributed by atoms with E-state index in [1.807, 2.05) is 25.1 Å². The van der Waals surface area contributed by atoms with Crippen molar-refractivity contribution in [3.63, 3.8) is 0 Å². The van der Waals surface area contributed by atoms with E-state index in [2.05, 4.69) is 13.8 Å². The summed E-state index contributed by atoms with van der Waals surface area (Å²) in [5.74, 6) is 1.34. The number of benzene rings is 1. The molecule has 0 heterocycles. The fourth-order valence-electron chi connectivity index (χ4n) is 1.17. The molecule has 0 saturated carbocycles. The zero-order valence-corrected chi connectivity index (χ0v) is 9.06. The Balaban J connectivity index is 2.96. The van der Waals surface area contributed by atoms with E-state index in [1.54, 1.807) is 0 Å². The molecule has 0 aliphatic carbocycles. The summed E-state index contributed by atoms with van der Waals surface area (Å²) in [6.45, 7) is 6.93. The van der Waals surface area contributed by atoms with E-state index in [0.29, 0.717) is 12.5 Å². The van der Waals surface area contributed by atoms with E-state index in [9.17, 15) is 0 Å². The Labute approximate surface area is 84.7 Å². The van der Waals surface area contributed by atoms with E-state index in [0.717, 1.165) is 10.8 Å². The van der Waals surface area contributed by atoms with Gasteiger partial charge in [0.05, 0.1) is 6.61 Å². The van der Waals surface area contributed by atoms with Crippen molar-refractivity contribution in [2.24, 2.45) is 0 Å². The quantitative estimate of drug-likeness (QED) is 0.717. The number of hydrogen-bond acceptors (Lipinski definition) is 1. The average Bonchev–Trinajstić information content (AvgIpc) is 2.03. The molecule has 0 fully saturated rings. The van der Waals surface area contributed by atoms with Gasteiger partial charge in [-0.25, -0.2) is 0 Å². The molecule has 1 aromatic rings. The highest BCUT2D eigenvalue weighted by Gasteiger charge is 2.03. The highest BCUT2D eigenvalue weighted by atomic mass is 35.5. The van der Waals surface area contributed by atoms with Crippen molar-refractivity contribution in [3.8, 4) is 5.75 Å². The van der Waals surface area contributed by atoms with Crippen molar-refractivity contribution in [1.29, 1.82) is 0 Å². The van der Waals surface area contributed by atoms with Crippen molar-refractivity contribution in [2.75, 3.05) is 6.61 Å². The van der Waals surface area contributed by atoms with Gasteiger partial charge in [-0.1, -0.05) is 25.4 Å². The first kappa shape index (κ1) is 10.4. The standard InChI is InChI=1S/C11H15ClO/c1-4-13-11-6-9(8(2)3)5-10(12)7-11/h5-8H,4H2,1-3H3. The normalized spacial score (nSPS) is 10.5. The summed E-state index contributed by atoms with van der Waals surface area (Å²) >= 11 is 5.95. The molecule has 13 heavy (non-hydrogen) atoms. The van der Waals surface area contributed by atoms with E-state index in [1.165, 1.54) is 5.56 Å². The molecule has 0 aliphatic heterocycles. The Morgan fingerprint density at radius 2 is 2.00 bits per heavy atom. The largest absolute Gasteiger partial charge is 0.494 e. The number of ether oxygens (including phenoxy) is 1. The molecular formula is C11H15ClO. The first-order chi connectivity index (χ1) is 6.13. The highest BCUT2D eigenvalue weighted by Crippen LogP contribution is 2.25. The topological polar surface area (TPSA) is 9.23 Å². The van der Waals surface area contributed by atoms with Crippen molar-refractivity contribution in [1.82, 2.24) is 0 Å². The lowest BCUT2D eigenvalue weighted by Gasteiger charge is -2.09. The van der Waals surface area contributed by atoms with Gasteiger partial charge in [-0.3, -0.25) is 0 Å². The lowest BCUT2D eigenvalue weighted by molar-refractivity contribution is 0.340. The molecule has 0 N–H and O–H groups in total. The molecule has 0 amide bonds. The molecule has 0 spiro atoms. The van der Waals surface area contributed by atoms with E-state index in [4.69, 9.17) is 16.3 Å².